The molecular weight excluding hydrogens is 998 g/mol. The number of esters is 1. The van der Waals surface area contributed by atoms with E-state index in [1.54, 1.807) is 0 Å². The maximum absolute atomic E-state index is 14.8. The number of ether oxygens (including phenoxy) is 1. The minimum Gasteiger partial charge on any atom is -0.480 e. The predicted molar refractivity (Wildman–Crippen MR) is 205 cm³/mol. The molecule has 0 saturated heterocycles. The quantitative estimate of drug-likeness (QED) is 0.0815. The lowest BCUT2D eigenvalue weighted by Gasteiger charge is -2.28. The van der Waals surface area contributed by atoms with E-state index in [2.05, 4.69) is 20.7 Å². The van der Waals surface area contributed by atoms with E-state index in [0.717, 1.165) is 79.7 Å². The van der Waals surface area contributed by atoms with Gasteiger partial charge in [0.2, 0.25) is 5.91 Å². The van der Waals surface area contributed by atoms with Gasteiger partial charge in [0.15, 0.2) is 17.4 Å². The molecule has 4 aromatic carbocycles. The van der Waals surface area contributed by atoms with Crippen LogP contribution < -0.4 is 11.1 Å². The molecule has 4 aromatic rings. The van der Waals surface area contributed by atoms with Crippen molar-refractivity contribution in [2.24, 2.45) is 5.73 Å². The van der Waals surface area contributed by atoms with E-state index in [1.807, 2.05) is 5.32 Å². The van der Waals surface area contributed by atoms with Crippen LogP contribution in [0.3, 0.4) is 0 Å². The second kappa shape index (κ2) is 24.6. The van der Waals surface area contributed by atoms with Gasteiger partial charge < -0.3 is 20.9 Å². The molecule has 0 aliphatic rings. The van der Waals surface area contributed by atoms with E-state index in [1.165, 1.54) is 13.0 Å². The molecule has 0 aromatic heterocycles. The number of rotatable bonds is 10. The van der Waals surface area contributed by atoms with Crippen molar-refractivity contribution in [2.45, 2.75) is 74.2 Å². The number of nitriles is 1. The van der Waals surface area contributed by atoms with Crippen LogP contribution in [0, 0.1) is 11.3 Å². The van der Waals surface area contributed by atoms with Gasteiger partial charge in [-0.25, -0.2) is 22.4 Å². The number of nitrogens with two attached hydrogens (primary N) is 1. The Balaban J connectivity index is 0.000000457. The maximum atomic E-state index is 14.8. The molecule has 25 heteroatoms. The summed E-state index contributed by atoms with van der Waals surface area (Å²) in [6.45, 7) is 1.46. The highest BCUT2D eigenvalue weighted by Crippen LogP contribution is 2.36. The van der Waals surface area contributed by atoms with Crippen LogP contribution >= 0.6 is 15.9 Å². The molecule has 0 heterocycles. The molecule has 4 N–H and O–H groups in total. The van der Waals surface area contributed by atoms with Gasteiger partial charge in [0.25, 0.3) is 5.54 Å². The molecular formula is C41H34BrF16N3O5. The number of hydrogen-bond donors (Lipinski definition) is 3. The van der Waals surface area contributed by atoms with Crippen LogP contribution in [0.5, 0.6) is 0 Å². The van der Waals surface area contributed by atoms with Gasteiger partial charge in [0.05, 0.1) is 28.9 Å². The number of nitrogens with zero attached hydrogens (tertiary/aromatic N) is 1. The summed E-state index contributed by atoms with van der Waals surface area (Å²) in [6, 6.07) is 13.4. The molecule has 0 spiro atoms. The number of carbonyl (C=O) groups excluding carboxylic acids is 2. The Kier molecular flexibility index (Phi) is 21.6. The number of halogens is 17. The first-order chi connectivity index (χ1) is 30.3. The van der Waals surface area contributed by atoms with Crippen LogP contribution in [-0.2, 0) is 50.5 Å². The van der Waals surface area contributed by atoms with Crippen LogP contribution in [0.2, 0.25) is 0 Å². The Morgan fingerprint density at radius 1 is 0.667 bits per heavy atom. The van der Waals surface area contributed by atoms with Gasteiger partial charge in [-0.1, -0.05) is 48.5 Å². The number of benzene rings is 4. The van der Waals surface area contributed by atoms with Crippen LogP contribution in [0.4, 0.5) is 70.2 Å². The number of carbonyl (C=O) groups is 3. The largest absolute Gasteiger partial charge is 0.480 e. The van der Waals surface area contributed by atoms with Crippen molar-refractivity contribution in [2.75, 3.05) is 6.61 Å². The summed E-state index contributed by atoms with van der Waals surface area (Å²) in [7, 11) is 0. The molecule has 66 heavy (non-hydrogen) atoms. The van der Waals surface area contributed by atoms with Gasteiger partial charge in [0, 0.05) is 6.92 Å². The topological polar surface area (TPSA) is 143 Å². The van der Waals surface area contributed by atoms with E-state index in [0.29, 0.717) is 24.3 Å². The maximum Gasteiger partial charge on any atom is 0.416 e. The lowest BCUT2D eigenvalue weighted by Crippen LogP contribution is -2.56. The summed E-state index contributed by atoms with van der Waals surface area (Å²) in [5, 5.41) is 18.2. The number of aliphatic carboxylic acids is 1. The fraction of sp³-hybridized carbons (Fsp3) is 0.317. The summed E-state index contributed by atoms with van der Waals surface area (Å²) in [6.07, 6.45) is -22.3. The number of hydrogen-bond acceptors (Lipinski definition) is 6. The first kappa shape index (κ1) is 58.1. The van der Waals surface area contributed by atoms with Crippen molar-refractivity contribution in [3.8, 4) is 6.07 Å². The number of carboxylic acids is 1. The smallest absolute Gasteiger partial charge is 0.416 e. The summed E-state index contributed by atoms with van der Waals surface area (Å²) in [5.41, 5.74) is -1.30. The molecule has 0 bridgehead atoms. The number of alkyl halides is 17. The van der Waals surface area contributed by atoms with Crippen molar-refractivity contribution in [1.29, 1.82) is 5.26 Å². The molecule has 0 radical (unpaired) electrons. The molecule has 8 nitrogen and oxygen atoms in total. The van der Waals surface area contributed by atoms with Crippen molar-refractivity contribution in [3.63, 3.8) is 0 Å². The highest BCUT2D eigenvalue weighted by Gasteiger charge is 2.51. The van der Waals surface area contributed by atoms with E-state index in [4.69, 9.17) is 10.8 Å². The standard InChI is InChI=1S/C15H14F4N2O3.C10H9F4NO2.C8H5BrF4.C8H6F4/c1-3-24-13(23)14(8-20,21-9(2)22)12(16)10-4-6-11(7-5-10)15(17,18)19;11-7(8(15)9(16)17)5-1-3-6(4-2-5)10(12,13)14;9-7(10)5-1-3-6(4-2-5)8(11,12)13;9-5-6-1-3-7(4-2-6)8(10,11)12/h4-7,12H,3H2,1-2H3,(H,21,22);1-4,7-8H,15H2,(H,16,17);1-4,7H;1-4H,5H2. The SMILES string of the molecule is CCOC(=O)C(C#N)(NC(C)=O)C(F)c1ccc(C(F)(F)F)cc1.FC(Br)c1ccc(C(F)(F)F)cc1.FCc1ccc(C(F)(F)F)cc1.NC(C(=O)O)C(F)c1ccc(C(F)(F)F)cc1. The molecule has 0 saturated carbocycles. The van der Waals surface area contributed by atoms with Gasteiger partial charge in [-0.2, -0.15) is 57.9 Å². The zero-order chi connectivity index (χ0) is 51.0. The molecule has 4 rings (SSSR count). The zero-order valence-corrected chi connectivity index (χ0v) is 35.1. The zero-order valence-electron chi connectivity index (χ0n) is 33.5. The van der Waals surface area contributed by atoms with Crippen LogP contribution in [-0.4, -0.2) is 41.1 Å². The average molecular weight is 1030 g/mol. The fourth-order valence-corrected chi connectivity index (χ4v) is 5.06. The second-order valence-electron chi connectivity index (χ2n) is 12.9. The minimum atomic E-state index is -4.62. The van der Waals surface area contributed by atoms with Crippen LogP contribution in [0.15, 0.2) is 97.1 Å². The lowest BCUT2D eigenvalue weighted by atomic mass is 9.89. The Hall–Kier alpha value is -5.90. The minimum absolute atomic E-state index is 0.174. The second-order valence-corrected chi connectivity index (χ2v) is 13.7. The molecule has 0 fully saturated rings. The molecule has 0 aliphatic heterocycles. The van der Waals surface area contributed by atoms with Gasteiger partial charge in [-0.15, -0.1) is 0 Å². The van der Waals surface area contributed by atoms with Crippen LogP contribution in [0.1, 0.15) is 75.8 Å². The number of carboxylic acid groups (broad SMARTS) is 1. The van der Waals surface area contributed by atoms with Crippen molar-refractivity contribution < 1.29 is 94.5 Å². The van der Waals surface area contributed by atoms with E-state index in [-0.39, 0.29) is 28.9 Å². The van der Waals surface area contributed by atoms with E-state index >= 15 is 0 Å². The van der Waals surface area contributed by atoms with Crippen molar-refractivity contribution in [1.82, 2.24) is 5.32 Å². The fourth-order valence-electron chi connectivity index (χ4n) is 4.75. The normalized spacial score (nSPS) is 14.3. The third kappa shape index (κ3) is 17.8. The first-order valence-corrected chi connectivity index (χ1v) is 18.8. The first-order valence-electron chi connectivity index (χ1n) is 17.9. The molecule has 5 unspecified atom stereocenters. The molecule has 1 amide bonds. The van der Waals surface area contributed by atoms with E-state index in [9.17, 15) is 89.9 Å². The average Bonchev–Trinajstić information content (AvgIpc) is 3.24. The highest BCUT2D eigenvalue weighted by atomic mass is 79.9. The van der Waals surface area contributed by atoms with E-state index < -0.39 is 100 Å². The molecule has 362 valence electrons. The van der Waals surface area contributed by atoms with Crippen molar-refractivity contribution >= 4 is 33.8 Å². The number of nitrogens with one attached hydrogen (secondary N) is 1. The molecule has 5 atom stereocenters. The van der Waals surface area contributed by atoms with Crippen molar-refractivity contribution in [3.05, 3.63) is 142 Å². The Bertz CT molecular complexity index is 2190. The third-order valence-electron chi connectivity index (χ3n) is 8.14. The summed E-state index contributed by atoms with van der Waals surface area (Å²) in [5.74, 6) is -3.77. The van der Waals surface area contributed by atoms with Gasteiger partial charge >= 0.3 is 36.6 Å². The van der Waals surface area contributed by atoms with Crippen LogP contribution in [0.25, 0.3) is 0 Å². The summed E-state index contributed by atoms with van der Waals surface area (Å²) >= 11 is 2.61. The third-order valence-corrected chi connectivity index (χ3v) is 8.67. The summed E-state index contributed by atoms with van der Waals surface area (Å²) < 4.78 is 203. The monoisotopic (exact) mass is 1030 g/mol. The predicted octanol–water partition coefficient (Wildman–Crippen LogP) is 12.0. The van der Waals surface area contributed by atoms with Gasteiger partial charge in [0.1, 0.15) is 18.8 Å². The number of amides is 1. The Labute approximate surface area is 372 Å². The Morgan fingerprint density at radius 3 is 1.27 bits per heavy atom. The summed E-state index contributed by atoms with van der Waals surface area (Å²) in [4.78, 5) is 33.7. The highest BCUT2D eigenvalue weighted by molar-refractivity contribution is 9.09. The molecule has 0 aliphatic carbocycles. The van der Waals surface area contributed by atoms with Gasteiger partial charge in [-0.3, -0.25) is 9.59 Å². The van der Waals surface area contributed by atoms with Gasteiger partial charge in [-0.05, 0) is 93.6 Å². The Morgan fingerprint density at radius 2 is 1.00 bits per heavy atom. The lowest BCUT2D eigenvalue weighted by molar-refractivity contribution is -0.153.